The van der Waals surface area contributed by atoms with E-state index in [0.29, 0.717) is 6.04 Å². The summed E-state index contributed by atoms with van der Waals surface area (Å²) in [5, 5.41) is 3.53. The van der Waals surface area contributed by atoms with E-state index in [9.17, 15) is 0 Å². The Morgan fingerprint density at radius 1 is 1.15 bits per heavy atom. The molecule has 0 radical (unpaired) electrons. The van der Waals surface area contributed by atoms with E-state index in [0.717, 1.165) is 38.2 Å². The SMILES string of the molecule is CCNC(CCOc1ccccc1)CCC(C)(C)OC. The van der Waals surface area contributed by atoms with Crippen LogP contribution in [0.15, 0.2) is 30.3 Å². The van der Waals surface area contributed by atoms with Crippen LogP contribution in [0.5, 0.6) is 5.75 Å². The van der Waals surface area contributed by atoms with Crippen LogP contribution in [0.25, 0.3) is 0 Å². The Balaban J connectivity index is 2.31. The summed E-state index contributed by atoms with van der Waals surface area (Å²) in [6.07, 6.45) is 3.17. The van der Waals surface area contributed by atoms with Crippen LogP contribution < -0.4 is 10.1 Å². The van der Waals surface area contributed by atoms with E-state index < -0.39 is 0 Å². The molecule has 1 unspecified atom stereocenters. The van der Waals surface area contributed by atoms with Gasteiger partial charge in [-0.2, -0.15) is 0 Å². The number of rotatable bonds is 10. The molecule has 3 nitrogen and oxygen atoms in total. The summed E-state index contributed by atoms with van der Waals surface area (Å²) in [6.45, 7) is 8.15. The molecule has 0 aliphatic rings. The van der Waals surface area contributed by atoms with E-state index in [1.165, 1.54) is 0 Å². The zero-order chi connectivity index (χ0) is 14.8. The van der Waals surface area contributed by atoms with Gasteiger partial charge >= 0.3 is 0 Å². The zero-order valence-corrected chi connectivity index (χ0v) is 13.3. The van der Waals surface area contributed by atoms with Gasteiger partial charge in [-0.05, 0) is 51.8 Å². The Morgan fingerprint density at radius 3 is 2.45 bits per heavy atom. The number of methoxy groups -OCH3 is 1. The summed E-state index contributed by atoms with van der Waals surface area (Å²) in [7, 11) is 1.78. The largest absolute Gasteiger partial charge is 0.494 e. The topological polar surface area (TPSA) is 30.5 Å². The van der Waals surface area contributed by atoms with Gasteiger partial charge in [-0.15, -0.1) is 0 Å². The van der Waals surface area contributed by atoms with Crippen LogP contribution in [0.2, 0.25) is 0 Å². The molecule has 1 atom stereocenters. The molecule has 0 saturated heterocycles. The first-order chi connectivity index (χ1) is 9.57. The lowest BCUT2D eigenvalue weighted by molar-refractivity contribution is 0.0112. The first-order valence-electron chi connectivity index (χ1n) is 7.54. The third kappa shape index (κ3) is 6.92. The van der Waals surface area contributed by atoms with Gasteiger partial charge in [0.1, 0.15) is 5.75 Å². The molecule has 0 aliphatic carbocycles. The standard InChI is InChI=1S/C17H29NO2/c1-5-18-15(11-13-17(2,3)19-4)12-14-20-16-9-7-6-8-10-16/h6-10,15,18H,5,11-14H2,1-4H3. The summed E-state index contributed by atoms with van der Waals surface area (Å²) in [6, 6.07) is 10.5. The van der Waals surface area contributed by atoms with Crippen molar-refractivity contribution >= 4 is 0 Å². The molecule has 1 rings (SSSR count). The van der Waals surface area contributed by atoms with Crippen LogP contribution in [-0.4, -0.2) is 31.9 Å². The van der Waals surface area contributed by atoms with Crippen molar-refractivity contribution in [3.8, 4) is 5.75 Å². The Bertz CT molecular complexity index is 351. The Labute approximate surface area is 123 Å². The first-order valence-corrected chi connectivity index (χ1v) is 7.54. The van der Waals surface area contributed by atoms with Crippen LogP contribution in [0.3, 0.4) is 0 Å². The highest BCUT2D eigenvalue weighted by Crippen LogP contribution is 2.18. The summed E-state index contributed by atoms with van der Waals surface area (Å²) < 4.78 is 11.3. The lowest BCUT2D eigenvalue weighted by Gasteiger charge is -2.26. The number of nitrogens with one attached hydrogen (secondary N) is 1. The van der Waals surface area contributed by atoms with Crippen molar-refractivity contribution < 1.29 is 9.47 Å². The van der Waals surface area contributed by atoms with Gasteiger partial charge in [-0.25, -0.2) is 0 Å². The maximum Gasteiger partial charge on any atom is 0.119 e. The van der Waals surface area contributed by atoms with Crippen LogP contribution in [0, 0.1) is 0 Å². The number of hydrogen-bond donors (Lipinski definition) is 1. The van der Waals surface area contributed by atoms with Crippen LogP contribution in [0.4, 0.5) is 0 Å². The van der Waals surface area contributed by atoms with E-state index in [2.05, 4.69) is 26.1 Å². The molecule has 20 heavy (non-hydrogen) atoms. The maximum absolute atomic E-state index is 5.77. The quantitative estimate of drug-likeness (QED) is 0.709. The van der Waals surface area contributed by atoms with Gasteiger partial charge in [0.15, 0.2) is 0 Å². The summed E-state index contributed by atoms with van der Waals surface area (Å²) in [5.74, 6) is 0.944. The van der Waals surface area contributed by atoms with Crippen LogP contribution in [0.1, 0.15) is 40.0 Å². The second-order valence-corrected chi connectivity index (χ2v) is 5.71. The van der Waals surface area contributed by atoms with Crippen LogP contribution >= 0.6 is 0 Å². The summed E-state index contributed by atoms with van der Waals surface area (Å²) in [4.78, 5) is 0. The Morgan fingerprint density at radius 2 is 1.85 bits per heavy atom. The van der Waals surface area contributed by atoms with E-state index in [1.54, 1.807) is 7.11 Å². The van der Waals surface area contributed by atoms with Gasteiger partial charge in [-0.1, -0.05) is 25.1 Å². The molecule has 0 amide bonds. The highest BCUT2D eigenvalue weighted by Gasteiger charge is 2.18. The molecular weight excluding hydrogens is 250 g/mol. The minimum absolute atomic E-state index is 0.0477. The number of hydrogen-bond acceptors (Lipinski definition) is 3. The predicted octanol–water partition coefficient (Wildman–Crippen LogP) is 3.64. The third-order valence-electron chi connectivity index (χ3n) is 3.62. The second-order valence-electron chi connectivity index (χ2n) is 5.71. The number of para-hydroxylation sites is 1. The molecule has 1 aromatic carbocycles. The van der Waals surface area contributed by atoms with Crippen molar-refractivity contribution in [2.75, 3.05) is 20.3 Å². The van der Waals surface area contributed by atoms with Crippen molar-refractivity contribution in [2.45, 2.75) is 51.7 Å². The molecule has 1 aromatic rings. The molecule has 3 heteroatoms. The zero-order valence-electron chi connectivity index (χ0n) is 13.3. The minimum Gasteiger partial charge on any atom is -0.494 e. The molecule has 0 bridgehead atoms. The maximum atomic E-state index is 5.77. The average molecular weight is 279 g/mol. The minimum atomic E-state index is -0.0477. The Kier molecular flexibility index (Phi) is 7.63. The van der Waals surface area contributed by atoms with Crippen molar-refractivity contribution in [1.82, 2.24) is 5.32 Å². The fourth-order valence-corrected chi connectivity index (χ4v) is 2.10. The van der Waals surface area contributed by atoms with E-state index in [-0.39, 0.29) is 5.60 Å². The predicted molar refractivity (Wildman–Crippen MR) is 84.3 cm³/mol. The van der Waals surface area contributed by atoms with E-state index in [4.69, 9.17) is 9.47 Å². The van der Waals surface area contributed by atoms with Crippen molar-refractivity contribution in [3.05, 3.63) is 30.3 Å². The van der Waals surface area contributed by atoms with Gasteiger partial charge < -0.3 is 14.8 Å². The lowest BCUT2D eigenvalue weighted by Crippen LogP contribution is -2.33. The Hall–Kier alpha value is -1.06. The van der Waals surface area contributed by atoms with Gasteiger partial charge in [0.05, 0.1) is 12.2 Å². The molecule has 0 aromatic heterocycles. The van der Waals surface area contributed by atoms with Gasteiger partial charge in [0.25, 0.3) is 0 Å². The normalized spacial score (nSPS) is 13.2. The summed E-state index contributed by atoms with van der Waals surface area (Å²) >= 11 is 0. The molecular formula is C17H29NO2. The summed E-state index contributed by atoms with van der Waals surface area (Å²) in [5.41, 5.74) is -0.0477. The highest BCUT2D eigenvalue weighted by molar-refractivity contribution is 5.20. The molecule has 0 fully saturated rings. The van der Waals surface area contributed by atoms with E-state index in [1.807, 2.05) is 30.3 Å². The molecule has 0 aliphatic heterocycles. The van der Waals surface area contributed by atoms with Crippen molar-refractivity contribution in [3.63, 3.8) is 0 Å². The molecule has 0 heterocycles. The van der Waals surface area contributed by atoms with E-state index >= 15 is 0 Å². The number of ether oxygens (including phenoxy) is 2. The second kappa shape index (κ2) is 8.98. The molecule has 0 spiro atoms. The van der Waals surface area contributed by atoms with Gasteiger partial charge in [-0.3, -0.25) is 0 Å². The fraction of sp³-hybridized carbons (Fsp3) is 0.647. The van der Waals surface area contributed by atoms with Crippen LogP contribution in [-0.2, 0) is 4.74 Å². The average Bonchev–Trinajstić information content (AvgIpc) is 2.46. The smallest absolute Gasteiger partial charge is 0.119 e. The number of benzene rings is 1. The van der Waals surface area contributed by atoms with Crippen molar-refractivity contribution in [2.24, 2.45) is 0 Å². The monoisotopic (exact) mass is 279 g/mol. The molecule has 1 N–H and O–H groups in total. The molecule has 114 valence electrons. The van der Waals surface area contributed by atoms with Crippen molar-refractivity contribution in [1.29, 1.82) is 0 Å². The molecule has 0 saturated carbocycles. The van der Waals surface area contributed by atoms with Gasteiger partial charge in [0.2, 0.25) is 0 Å². The first kappa shape index (κ1) is 17.0. The fourth-order valence-electron chi connectivity index (χ4n) is 2.10. The highest BCUT2D eigenvalue weighted by atomic mass is 16.5. The van der Waals surface area contributed by atoms with Gasteiger partial charge in [0, 0.05) is 13.2 Å². The third-order valence-corrected chi connectivity index (χ3v) is 3.62. The lowest BCUT2D eigenvalue weighted by atomic mass is 9.97.